The molecule has 0 atom stereocenters. The van der Waals surface area contributed by atoms with Gasteiger partial charge in [0.15, 0.2) is 0 Å². The van der Waals surface area contributed by atoms with Crippen LogP contribution in [0.25, 0.3) is 0 Å². The maximum Gasteiger partial charge on any atom is 0.309 e. The molecule has 0 radical (unpaired) electrons. The molecule has 0 bridgehead atoms. The highest BCUT2D eigenvalue weighted by Gasteiger charge is 1.95. The van der Waals surface area contributed by atoms with E-state index in [9.17, 15) is 4.79 Å². The van der Waals surface area contributed by atoms with Gasteiger partial charge in [0.25, 0.3) is 0 Å². The fourth-order valence-electron chi connectivity index (χ4n) is 0.510. The molecule has 62 valence electrons. The van der Waals surface area contributed by atoms with Gasteiger partial charge in [-0.1, -0.05) is 24.3 Å². The SMILES string of the molecule is CC=CCOC(=O)CC=CC. The summed E-state index contributed by atoms with van der Waals surface area (Å²) in [5, 5.41) is 0. The lowest BCUT2D eigenvalue weighted by Gasteiger charge is -1.96. The maximum atomic E-state index is 10.8. The number of carbonyl (C=O) groups excluding carboxylic acids is 1. The molecule has 0 aliphatic rings. The number of ether oxygens (including phenoxy) is 1. The topological polar surface area (TPSA) is 26.3 Å². The minimum atomic E-state index is -0.179. The standard InChI is InChI=1S/C9H14O2/c1-3-5-7-9(10)11-8-6-4-2/h3-6H,7-8H2,1-2H3. The van der Waals surface area contributed by atoms with E-state index in [-0.39, 0.29) is 5.97 Å². The van der Waals surface area contributed by atoms with Crippen LogP contribution in [0, 0.1) is 0 Å². The van der Waals surface area contributed by atoms with Crippen molar-refractivity contribution in [2.45, 2.75) is 20.3 Å². The second-order valence-corrected chi connectivity index (χ2v) is 2.03. The summed E-state index contributed by atoms with van der Waals surface area (Å²) in [6, 6.07) is 0. The summed E-state index contributed by atoms with van der Waals surface area (Å²) < 4.78 is 4.81. The van der Waals surface area contributed by atoms with Gasteiger partial charge in [0.2, 0.25) is 0 Å². The highest BCUT2D eigenvalue weighted by atomic mass is 16.5. The largest absolute Gasteiger partial charge is 0.461 e. The first-order valence-corrected chi connectivity index (χ1v) is 3.69. The number of hydrogen-bond donors (Lipinski definition) is 0. The Labute approximate surface area is 67.6 Å². The van der Waals surface area contributed by atoms with Crippen LogP contribution in [0.2, 0.25) is 0 Å². The molecule has 0 saturated carbocycles. The number of carbonyl (C=O) groups is 1. The third kappa shape index (κ3) is 6.84. The molecular weight excluding hydrogens is 140 g/mol. The molecule has 0 N–H and O–H groups in total. The first-order chi connectivity index (χ1) is 5.31. The average molecular weight is 154 g/mol. The second-order valence-electron chi connectivity index (χ2n) is 2.03. The predicted octanol–water partition coefficient (Wildman–Crippen LogP) is 2.07. The molecule has 2 heteroatoms. The Balaban J connectivity index is 3.37. The van der Waals surface area contributed by atoms with Crippen LogP contribution in [-0.2, 0) is 9.53 Å². The molecule has 0 saturated heterocycles. The van der Waals surface area contributed by atoms with Crippen LogP contribution in [0.1, 0.15) is 20.3 Å². The molecule has 0 unspecified atom stereocenters. The van der Waals surface area contributed by atoms with Gasteiger partial charge in [0, 0.05) is 0 Å². The van der Waals surface area contributed by atoms with Gasteiger partial charge in [-0.2, -0.15) is 0 Å². The van der Waals surface area contributed by atoms with Crippen molar-refractivity contribution in [2.24, 2.45) is 0 Å². The smallest absolute Gasteiger partial charge is 0.309 e. The molecule has 0 aliphatic heterocycles. The number of rotatable bonds is 4. The van der Waals surface area contributed by atoms with E-state index in [2.05, 4.69) is 0 Å². The summed E-state index contributed by atoms with van der Waals surface area (Å²) in [6.45, 7) is 4.14. The Morgan fingerprint density at radius 3 is 2.45 bits per heavy atom. The van der Waals surface area contributed by atoms with E-state index in [1.54, 1.807) is 12.2 Å². The van der Waals surface area contributed by atoms with Crippen molar-refractivity contribution in [1.82, 2.24) is 0 Å². The van der Waals surface area contributed by atoms with Gasteiger partial charge in [0.05, 0.1) is 6.42 Å². The summed E-state index contributed by atoms with van der Waals surface area (Å²) in [5.41, 5.74) is 0. The molecule has 0 aromatic carbocycles. The van der Waals surface area contributed by atoms with Crippen molar-refractivity contribution in [3.63, 3.8) is 0 Å². The van der Waals surface area contributed by atoms with Gasteiger partial charge < -0.3 is 4.74 Å². The van der Waals surface area contributed by atoms with Crippen LogP contribution in [0.5, 0.6) is 0 Å². The zero-order valence-electron chi connectivity index (χ0n) is 7.04. The van der Waals surface area contributed by atoms with Crippen LogP contribution in [0.15, 0.2) is 24.3 Å². The molecule has 0 amide bonds. The van der Waals surface area contributed by atoms with Crippen LogP contribution in [0.3, 0.4) is 0 Å². The molecule has 0 aromatic heterocycles. The normalized spacial score (nSPS) is 11.1. The van der Waals surface area contributed by atoms with E-state index >= 15 is 0 Å². The molecule has 0 spiro atoms. The van der Waals surface area contributed by atoms with Gasteiger partial charge in [-0.3, -0.25) is 4.79 Å². The third-order valence-electron chi connectivity index (χ3n) is 1.10. The monoisotopic (exact) mass is 154 g/mol. The molecule has 0 aromatic rings. The minimum absolute atomic E-state index is 0.179. The summed E-state index contributed by atoms with van der Waals surface area (Å²) in [7, 11) is 0. The highest BCUT2D eigenvalue weighted by molar-refractivity contribution is 5.71. The number of esters is 1. The number of hydrogen-bond acceptors (Lipinski definition) is 2. The fraction of sp³-hybridized carbons (Fsp3) is 0.444. The van der Waals surface area contributed by atoms with Gasteiger partial charge in [-0.05, 0) is 13.8 Å². The maximum absolute atomic E-state index is 10.8. The zero-order valence-corrected chi connectivity index (χ0v) is 7.04. The van der Waals surface area contributed by atoms with Crippen molar-refractivity contribution >= 4 is 5.97 Å². The van der Waals surface area contributed by atoms with Crippen molar-refractivity contribution in [3.05, 3.63) is 24.3 Å². The molecule has 11 heavy (non-hydrogen) atoms. The first kappa shape index (κ1) is 9.95. The summed E-state index contributed by atoms with van der Waals surface area (Å²) >= 11 is 0. The van der Waals surface area contributed by atoms with Crippen molar-refractivity contribution < 1.29 is 9.53 Å². The molecular formula is C9H14O2. The number of allylic oxidation sites excluding steroid dienone is 2. The van der Waals surface area contributed by atoms with Gasteiger partial charge in [-0.25, -0.2) is 0 Å². The van der Waals surface area contributed by atoms with E-state index in [1.165, 1.54) is 0 Å². The second kappa shape index (κ2) is 7.06. The molecule has 0 heterocycles. The van der Waals surface area contributed by atoms with Crippen molar-refractivity contribution in [1.29, 1.82) is 0 Å². The molecule has 0 aliphatic carbocycles. The molecule has 0 rings (SSSR count). The predicted molar refractivity (Wildman–Crippen MR) is 45.2 cm³/mol. The quantitative estimate of drug-likeness (QED) is 0.457. The lowest BCUT2D eigenvalue weighted by Crippen LogP contribution is -2.02. The summed E-state index contributed by atoms with van der Waals surface area (Å²) in [5.74, 6) is -0.179. The van der Waals surface area contributed by atoms with Crippen LogP contribution < -0.4 is 0 Å². The van der Waals surface area contributed by atoms with E-state index in [0.717, 1.165) is 0 Å². The Bertz CT molecular complexity index is 157. The highest BCUT2D eigenvalue weighted by Crippen LogP contribution is 1.88. The fourth-order valence-corrected chi connectivity index (χ4v) is 0.510. The van der Waals surface area contributed by atoms with Gasteiger partial charge in [0.1, 0.15) is 6.61 Å². The summed E-state index contributed by atoms with van der Waals surface area (Å²) in [4.78, 5) is 10.8. The van der Waals surface area contributed by atoms with E-state index < -0.39 is 0 Å². The van der Waals surface area contributed by atoms with E-state index in [0.29, 0.717) is 13.0 Å². The van der Waals surface area contributed by atoms with Crippen LogP contribution in [0.4, 0.5) is 0 Å². The van der Waals surface area contributed by atoms with Crippen molar-refractivity contribution in [3.8, 4) is 0 Å². The van der Waals surface area contributed by atoms with Crippen molar-refractivity contribution in [2.75, 3.05) is 6.61 Å². The lowest BCUT2D eigenvalue weighted by atomic mass is 10.4. The minimum Gasteiger partial charge on any atom is -0.461 e. The zero-order chi connectivity index (χ0) is 8.53. The van der Waals surface area contributed by atoms with Crippen LogP contribution in [-0.4, -0.2) is 12.6 Å². The Morgan fingerprint density at radius 2 is 1.91 bits per heavy atom. The Kier molecular flexibility index (Phi) is 6.39. The molecule has 2 nitrogen and oxygen atoms in total. The Morgan fingerprint density at radius 1 is 1.27 bits per heavy atom. The lowest BCUT2D eigenvalue weighted by molar-refractivity contribution is -0.141. The summed E-state index contributed by atoms with van der Waals surface area (Å²) in [6.07, 6.45) is 7.62. The van der Waals surface area contributed by atoms with Crippen LogP contribution >= 0.6 is 0 Å². The average Bonchev–Trinajstić information content (AvgIpc) is 2.01. The van der Waals surface area contributed by atoms with Gasteiger partial charge >= 0.3 is 5.97 Å². The Hall–Kier alpha value is -1.05. The first-order valence-electron chi connectivity index (χ1n) is 3.69. The van der Waals surface area contributed by atoms with Gasteiger partial charge in [-0.15, -0.1) is 0 Å². The van der Waals surface area contributed by atoms with E-state index in [1.807, 2.05) is 26.0 Å². The molecule has 0 fully saturated rings. The van der Waals surface area contributed by atoms with E-state index in [4.69, 9.17) is 4.74 Å². The third-order valence-corrected chi connectivity index (χ3v) is 1.10.